The molecule has 2 unspecified atom stereocenters. The highest BCUT2D eigenvalue weighted by atomic mass is 16.6. The molecule has 444 valence electrons. The minimum atomic E-state index is -1.61. The summed E-state index contributed by atoms with van der Waals surface area (Å²) in [6, 6.07) is -1.85. The topological polar surface area (TPSA) is 319 Å². The number of amides is 9. The quantitative estimate of drug-likeness (QED) is 0.143. The lowest BCUT2D eigenvalue weighted by Gasteiger charge is -2.37. The average Bonchev–Trinajstić information content (AvgIpc) is 4.12. The fourth-order valence-electron chi connectivity index (χ4n) is 10.5. The van der Waals surface area contributed by atoms with Crippen molar-refractivity contribution in [1.82, 2.24) is 45.8 Å². The monoisotopic (exact) mass is 1120 g/mol. The summed E-state index contributed by atoms with van der Waals surface area (Å²) in [7, 11) is 3.88. The standard InChI is InChI=1S/C56H85N9O15/c1-12-33(7)45-54(77)65-28-18-22-39(65)50(73)59-44(31(3)4)53(76)62(10)40(24-26-43(69)70)56(79)80-47(34(8)13-2)51(74)58-36(29-35-19-15-14-16-20-35)52(75)64-27-17-21-38(64)48(71)57-30-41(66)63(11)46(32(5)6)55(78)61(9)37(49(72)60-45)23-25-42(67)68/h14-16,19-20,31-34,36-40,44-47H,12-13,17-18,21-30H2,1-11H3,(H,57,71)(H,58,74)(H,59,73)(H,60,72)(H,67,68)(H,69,70)/t33-,34?,36-,37-,38-,39-,40-,44-,45-,46-,47?/m0/s1. The summed E-state index contributed by atoms with van der Waals surface area (Å²) in [6.45, 7) is 13.0. The summed E-state index contributed by atoms with van der Waals surface area (Å²) in [6.07, 6.45) is -1.98. The van der Waals surface area contributed by atoms with Crippen molar-refractivity contribution in [1.29, 1.82) is 0 Å². The van der Waals surface area contributed by atoms with Crippen molar-refractivity contribution in [3.63, 3.8) is 0 Å². The van der Waals surface area contributed by atoms with Crippen LogP contribution >= 0.6 is 0 Å². The molecule has 3 aliphatic heterocycles. The van der Waals surface area contributed by atoms with Crippen LogP contribution in [0, 0.1) is 23.7 Å². The number of rotatable bonds is 14. The molecule has 4 rings (SSSR count). The van der Waals surface area contributed by atoms with Crippen LogP contribution in [0.1, 0.15) is 125 Å². The van der Waals surface area contributed by atoms with Crippen LogP contribution < -0.4 is 21.3 Å². The van der Waals surface area contributed by atoms with Crippen molar-refractivity contribution in [3.05, 3.63) is 35.9 Å². The molecule has 1 aromatic rings. The molecule has 3 aliphatic rings. The van der Waals surface area contributed by atoms with E-state index in [9.17, 15) is 67.7 Å². The number of esters is 1. The summed E-state index contributed by atoms with van der Waals surface area (Å²) in [5.41, 5.74) is 0.631. The minimum Gasteiger partial charge on any atom is -0.481 e. The molecule has 0 spiro atoms. The number of carboxylic acids is 2. The van der Waals surface area contributed by atoms with Crippen LogP contribution in [0.5, 0.6) is 0 Å². The number of benzene rings is 1. The number of carboxylic acid groups (broad SMARTS) is 2. The van der Waals surface area contributed by atoms with Gasteiger partial charge in [-0.2, -0.15) is 0 Å². The molecule has 80 heavy (non-hydrogen) atoms. The number of cyclic esters (lactones) is 1. The van der Waals surface area contributed by atoms with E-state index in [1.165, 1.54) is 30.9 Å². The first-order valence-corrected chi connectivity index (χ1v) is 27.9. The summed E-state index contributed by atoms with van der Waals surface area (Å²) < 4.78 is 5.95. The Morgan fingerprint density at radius 1 is 0.600 bits per heavy atom. The molecule has 24 nitrogen and oxygen atoms in total. The molecule has 11 atom stereocenters. The second kappa shape index (κ2) is 29.9. The van der Waals surface area contributed by atoms with Crippen molar-refractivity contribution in [3.8, 4) is 0 Å². The Kier molecular flexibility index (Phi) is 24.4. The van der Waals surface area contributed by atoms with Crippen LogP contribution in [0.2, 0.25) is 0 Å². The Morgan fingerprint density at radius 3 is 1.66 bits per heavy atom. The third kappa shape index (κ3) is 16.7. The number of carbonyl (C=O) groups excluding carboxylic acids is 10. The number of carbonyl (C=O) groups is 12. The van der Waals surface area contributed by atoms with E-state index in [0.717, 1.165) is 14.7 Å². The Morgan fingerprint density at radius 2 is 1.12 bits per heavy atom. The van der Waals surface area contributed by atoms with Crippen molar-refractivity contribution < 1.29 is 72.5 Å². The lowest BCUT2D eigenvalue weighted by atomic mass is 9.95. The van der Waals surface area contributed by atoms with Crippen LogP contribution in [0.4, 0.5) is 0 Å². The molecule has 0 aromatic heterocycles. The van der Waals surface area contributed by atoms with Crippen molar-refractivity contribution in [2.75, 3.05) is 40.8 Å². The number of hydrogen-bond acceptors (Lipinski definition) is 13. The number of nitrogens with one attached hydrogen (secondary N) is 4. The van der Waals surface area contributed by atoms with Gasteiger partial charge in [-0.15, -0.1) is 0 Å². The molecular weight excluding hydrogens is 1040 g/mol. The first-order chi connectivity index (χ1) is 37.7. The number of fused-ring (bicyclic) bond motifs is 2. The van der Waals surface area contributed by atoms with Gasteiger partial charge in [0, 0.05) is 59.4 Å². The van der Waals surface area contributed by atoms with Gasteiger partial charge in [-0.1, -0.05) is 92.1 Å². The molecule has 0 bridgehead atoms. The molecular formula is C56H85N9O15. The highest BCUT2D eigenvalue weighted by Gasteiger charge is 2.45. The van der Waals surface area contributed by atoms with E-state index in [1.807, 2.05) is 0 Å². The molecule has 9 amide bonds. The van der Waals surface area contributed by atoms with E-state index in [0.29, 0.717) is 24.8 Å². The second-order valence-corrected chi connectivity index (χ2v) is 22.2. The van der Waals surface area contributed by atoms with Gasteiger partial charge in [-0.05, 0) is 68.3 Å². The van der Waals surface area contributed by atoms with Crippen LogP contribution in [0.25, 0.3) is 0 Å². The summed E-state index contributed by atoms with van der Waals surface area (Å²) in [5, 5.41) is 30.4. The molecule has 0 radical (unpaired) electrons. The first-order valence-electron chi connectivity index (χ1n) is 27.9. The Hall–Kier alpha value is -7.14. The van der Waals surface area contributed by atoms with Crippen LogP contribution in [0.3, 0.4) is 0 Å². The van der Waals surface area contributed by atoms with Gasteiger partial charge in [0.1, 0.15) is 48.3 Å². The zero-order chi connectivity index (χ0) is 59.9. The van der Waals surface area contributed by atoms with E-state index in [1.54, 1.807) is 85.7 Å². The second-order valence-electron chi connectivity index (χ2n) is 22.2. The van der Waals surface area contributed by atoms with Crippen LogP contribution in [-0.2, 0) is 68.7 Å². The van der Waals surface area contributed by atoms with E-state index < -0.39 is 181 Å². The van der Waals surface area contributed by atoms with E-state index in [2.05, 4.69) is 21.3 Å². The molecule has 0 saturated carbocycles. The highest BCUT2D eigenvalue weighted by molar-refractivity contribution is 5.99. The predicted molar refractivity (Wildman–Crippen MR) is 290 cm³/mol. The lowest BCUT2D eigenvalue weighted by molar-refractivity contribution is -0.167. The summed E-state index contributed by atoms with van der Waals surface area (Å²) in [4.78, 5) is 174. The van der Waals surface area contributed by atoms with E-state index >= 15 is 0 Å². The molecule has 6 N–H and O–H groups in total. The maximum atomic E-state index is 14.7. The number of aliphatic carboxylic acids is 2. The molecule has 24 heteroatoms. The SMILES string of the molecule is CCC(C)C1OC(=O)[C@H](CCC(=O)O)N(C)C(=O)[C@H](C(C)C)NC(=O)[C@@H]2CCCN2C(=O)[C@H]([C@@H](C)CC)NC(=O)[C@H](CCC(=O)O)N(C)C(=O)[C@H](C(C)C)N(C)C(=O)CNC(=O)[C@@H]2CCCN2C(=O)[C@H](Cc2ccccc2)NC1=O. The van der Waals surface area contributed by atoms with E-state index in [-0.39, 0.29) is 38.8 Å². The lowest BCUT2D eigenvalue weighted by Crippen LogP contribution is -2.61. The minimum absolute atomic E-state index is 0.0649. The van der Waals surface area contributed by atoms with Gasteiger partial charge >= 0.3 is 17.9 Å². The van der Waals surface area contributed by atoms with Crippen molar-refractivity contribution >= 4 is 71.1 Å². The molecule has 1 aromatic carbocycles. The third-order valence-corrected chi connectivity index (χ3v) is 15.8. The van der Waals surface area contributed by atoms with Crippen molar-refractivity contribution in [2.45, 2.75) is 180 Å². The van der Waals surface area contributed by atoms with Crippen LogP contribution in [-0.4, -0.2) is 201 Å². The molecule has 3 saturated heterocycles. The number of likely N-dealkylation sites (N-methyl/N-ethyl adjacent to an activating group) is 3. The van der Waals surface area contributed by atoms with Gasteiger partial charge in [0.15, 0.2) is 6.10 Å². The molecule has 3 heterocycles. The molecule has 3 fully saturated rings. The first kappa shape index (κ1) is 65.4. The summed E-state index contributed by atoms with van der Waals surface area (Å²) in [5.74, 6) is -13.0. The van der Waals surface area contributed by atoms with Crippen LogP contribution in [0.15, 0.2) is 30.3 Å². The predicted octanol–water partition coefficient (Wildman–Crippen LogP) is 1.32. The number of nitrogens with zero attached hydrogens (tertiary/aromatic N) is 5. The average molecular weight is 1120 g/mol. The van der Waals surface area contributed by atoms with Gasteiger partial charge in [-0.25, -0.2) is 4.79 Å². The van der Waals surface area contributed by atoms with Gasteiger partial charge in [0.05, 0.1) is 6.54 Å². The smallest absolute Gasteiger partial charge is 0.329 e. The van der Waals surface area contributed by atoms with Gasteiger partial charge < -0.3 is 60.7 Å². The number of hydrogen-bond donors (Lipinski definition) is 6. The zero-order valence-electron chi connectivity index (χ0n) is 48.2. The summed E-state index contributed by atoms with van der Waals surface area (Å²) >= 11 is 0. The normalized spacial score (nSPS) is 27.0. The fourth-order valence-corrected chi connectivity index (χ4v) is 10.5. The third-order valence-electron chi connectivity index (χ3n) is 15.8. The maximum absolute atomic E-state index is 14.7. The Labute approximate surface area is 468 Å². The maximum Gasteiger partial charge on any atom is 0.329 e. The van der Waals surface area contributed by atoms with Gasteiger partial charge in [0.25, 0.3) is 5.91 Å². The van der Waals surface area contributed by atoms with Gasteiger partial charge in [0.2, 0.25) is 47.3 Å². The fraction of sp³-hybridized carbons (Fsp3) is 0.679. The van der Waals surface area contributed by atoms with Crippen molar-refractivity contribution in [2.24, 2.45) is 23.7 Å². The molecule has 0 aliphatic carbocycles. The largest absolute Gasteiger partial charge is 0.481 e. The number of ether oxygens (including phenoxy) is 1. The Bertz CT molecular complexity index is 2420. The highest BCUT2D eigenvalue weighted by Crippen LogP contribution is 2.26. The Balaban J connectivity index is 1.86. The van der Waals surface area contributed by atoms with Gasteiger partial charge in [-0.3, -0.25) is 52.7 Å². The zero-order valence-corrected chi connectivity index (χ0v) is 48.2. The van der Waals surface area contributed by atoms with E-state index in [4.69, 9.17) is 4.74 Å².